The molecule has 1 nitrogen and oxygen atoms in total. The Balaban J connectivity index is 1.77. The molecule has 0 bridgehead atoms. The van der Waals surface area contributed by atoms with Gasteiger partial charge in [-0.2, -0.15) is 0 Å². The SMILES string of the molecule is C[C@@]12CCCC1C1C(=O)C=C3CCCC[C@]3(C)C1CC2. The summed E-state index contributed by atoms with van der Waals surface area (Å²) < 4.78 is 0. The van der Waals surface area contributed by atoms with Crippen LogP contribution in [0.1, 0.15) is 71.6 Å². The number of hydrogen-bond acceptors (Lipinski definition) is 1. The van der Waals surface area contributed by atoms with Crippen molar-refractivity contribution in [3.63, 3.8) is 0 Å². The monoisotopic (exact) mass is 272 g/mol. The first-order valence-electron chi connectivity index (χ1n) is 8.79. The molecule has 0 amide bonds. The van der Waals surface area contributed by atoms with Crippen LogP contribution < -0.4 is 0 Å². The van der Waals surface area contributed by atoms with Crippen molar-refractivity contribution in [2.24, 2.45) is 28.6 Å². The molecule has 3 fully saturated rings. The highest BCUT2D eigenvalue weighted by molar-refractivity contribution is 5.94. The minimum atomic E-state index is 0.362. The summed E-state index contributed by atoms with van der Waals surface area (Å²) in [5, 5.41) is 0. The first-order chi connectivity index (χ1) is 9.55. The van der Waals surface area contributed by atoms with E-state index in [4.69, 9.17) is 0 Å². The molecule has 4 aliphatic rings. The number of allylic oxidation sites excluding steroid dienone is 2. The Kier molecular flexibility index (Phi) is 2.76. The van der Waals surface area contributed by atoms with E-state index in [1.807, 2.05) is 0 Å². The van der Waals surface area contributed by atoms with Gasteiger partial charge in [-0.15, -0.1) is 0 Å². The Morgan fingerprint density at radius 2 is 1.85 bits per heavy atom. The second-order valence-electron chi connectivity index (χ2n) is 8.52. The lowest BCUT2D eigenvalue weighted by Crippen LogP contribution is -2.51. The summed E-state index contributed by atoms with van der Waals surface area (Å²) in [5.74, 6) is 2.21. The maximum atomic E-state index is 12.8. The molecule has 0 N–H and O–H groups in total. The molecule has 4 aliphatic carbocycles. The van der Waals surface area contributed by atoms with Crippen LogP contribution in [-0.4, -0.2) is 5.78 Å². The van der Waals surface area contributed by atoms with E-state index in [9.17, 15) is 4.79 Å². The van der Waals surface area contributed by atoms with Gasteiger partial charge >= 0.3 is 0 Å². The smallest absolute Gasteiger partial charge is 0.159 e. The Labute approximate surface area is 123 Å². The summed E-state index contributed by atoms with van der Waals surface area (Å²) >= 11 is 0. The molecule has 0 radical (unpaired) electrons. The second-order valence-corrected chi connectivity index (χ2v) is 8.52. The molecule has 0 aromatic heterocycles. The number of fused-ring (bicyclic) bond motifs is 5. The van der Waals surface area contributed by atoms with Gasteiger partial charge in [0.2, 0.25) is 0 Å². The van der Waals surface area contributed by atoms with Gasteiger partial charge in [0.15, 0.2) is 5.78 Å². The van der Waals surface area contributed by atoms with E-state index in [-0.39, 0.29) is 0 Å². The zero-order valence-electron chi connectivity index (χ0n) is 13.1. The minimum Gasteiger partial charge on any atom is -0.295 e. The third-order valence-corrected chi connectivity index (χ3v) is 7.64. The van der Waals surface area contributed by atoms with Gasteiger partial charge < -0.3 is 0 Å². The maximum Gasteiger partial charge on any atom is 0.159 e. The predicted molar refractivity (Wildman–Crippen MR) is 81.3 cm³/mol. The summed E-state index contributed by atoms with van der Waals surface area (Å²) in [7, 11) is 0. The third-order valence-electron chi connectivity index (χ3n) is 7.64. The van der Waals surface area contributed by atoms with E-state index in [0.29, 0.717) is 34.4 Å². The van der Waals surface area contributed by atoms with Gasteiger partial charge in [0.1, 0.15) is 0 Å². The highest BCUT2D eigenvalue weighted by atomic mass is 16.1. The van der Waals surface area contributed by atoms with E-state index >= 15 is 0 Å². The van der Waals surface area contributed by atoms with Gasteiger partial charge in [0, 0.05) is 5.92 Å². The quantitative estimate of drug-likeness (QED) is 0.612. The number of carbonyl (C=O) groups excluding carboxylic acids is 1. The molecule has 5 atom stereocenters. The summed E-state index contributed by atoms with van der Waals surface area (Å²) in [5.41, 5.74) is 2.35. The van der Waals surface area contributed by atoms with E-state index in [1.165, 1.54) is 63.4 Å². The van der Waals surface area contributed by atoms with Gasteiger partial charge in [-0.05, 0) is 73.7 Å². The van der Waals surface area contributed by atoms with Crippen LogP contribution in [0.4, 0.5) is 0 Å². The van der Waals surface area contributed by atoms with E-state index in [0.717, 1.165) is 0 Å². The van der Waals surface area contributed by atoms with Gasteiger partial charge in [0.25, 0.3) is 0 Å². The highest BCUT2D eigenvalue weighted by Gasteiger charge is 2.57. The lowest BCUT2D eigenvalue weighted by Gasteiger charge is -2.55. The first-order valence-corrected chi connectivity index (χ1v) is 8.79. The predicted octanol–water partition coefficient (Wildman–Crippen LogP) is 4.91. The fraction of sp³-hybridized carbons (Fsp3) is 0.842. The number of hydrogen-bond donors (Lipinski definition) is 0. The van der Waals surface area contributed by atoms with Crippen LogP contribution >= 0.6 is 0 Å². The average molecular weight is 272 g/mol. The van der Waals surface area contributed by atoms with Crippen LogP contribution in [0.15, 0.2) is 11.6 Å². The summed E-state index contributed by atoms with van der Waals surface area (Å²) in [6.45, 7) is 4.95. The van der Waals surface area contributed by atoms with Crippen LogP contribution in [0.25, 0.3) is 0 Å². The molecule has 0 saturated heterocycles. The standard InChI is InChI=1S/C19H28O/c1-18-9-5-7-14(18)17-15(8-11-18)19(2)10-4-3-6-13(19)12-16(17)20/h12,14-15,17H,3-11H2,1-2H3/t14?,15?,17?,18-,19-/m0/s1. The number of carbonyl (C=O) groups is 1. The van der Waals surface area contributed by atoms with Crippen LogP contribution in [0.2, 0.25) is 0 Å². The summed E-state index contributed by atoms with van der Waals surface area (Å²) in [6, 6.07) is 0. The molecule has 0 aliphatic heterocycles. The first kappa shape index (κ1) is 13.1. The number of ketones is 1. The van der Waals surface area contributed by atoms with Crippen LogP contribution in [0.3, 0.4) is 0 Å². The Morgan fingerprint density at radius 1 is 1.00 bits per heavy atom. The van der Waals surface area contributed by atoms with E-state index in [1.54, 1.807) is 0 Å². The van der Waals surface area contributed by atoms with E-state index in [2.05, 4.69) is 19.9 Å². The van der Waals surface area contributed by atoms with Crippen molar-refractivity contribution in [3.05, 3.63) is 11.6 Å². The maximum absolute atomic E-state index is 12.8. The molecule has 20 heavy (non-hydrogen) atoms. The molecule has 0 aromatic rings. The van der Waals surface area contributed by atoms with Gasteiger partial charge in [-0.1, -0.05) is 32.3 Å². The lowest BCUT2D eigenvalue weighted by molar-refractivity contribution is -0.132. The molecular weight excluding hydrogens is 244 g/mol. The average Bonchev–Trinajstić information content (AvgIpc) is 2.81. The largest absolute Gasteiger partial charge is 0.295 e. The number of rotatable bonds is 0. The van der Waals surface area contributed by atoms with E-state index < -0.39 is 0 Å². The normalized spacial score (nSPS) is 51.0. The lowest BCUT2D eigenvalue weighted by atomic mass is 9.48. The second kappa shape index (κ2) is 4.21. The zero-order chi connectivity index (χ0) is 14.0. The molecule has 0 spiro atoms. The van der Waals surface area contributed by atoms with Crippen molar-refractivity contribution >= 4 is 5.78 Å². The van der Waals surface area contributed by atoms with Crippen LogP contribution in [0.5, 0.6) is 0 Å². The van der Waals surface area contributed by atoms with Crippen LogP contribution in [-0.2, 0) is 4.79 Å². The van der Waals surface area contributed by atoms with Gasteiger partial charge in [0.05, 0.1) is 0 Å². The molecule has 0 aromatic carbocycles. The zero-order valence-corrected chi connectivity index (χ0v) is 13.1. The molecule has 1 heteroatoms. The topological polar surface area (TPSA) is 17.1 Å². The molecule has 0 heterocycles. The van der Waals surface area contributed by atoms with Crippen molar-refractivity contribution in [3.8, 4) is 0 Å². The van der Waals surface area contributed by atoms with Gasteiger partial charge in [-0.3, -0.25) is 4.79 Å². The van der Waals surface area contributed by atoms with Crippen molar-refractivity contribution < 1.29 is 4.79 Å². The van der Waals surface area contributed by atoms with Crippen molar-refractivity contribution in [1.82, 2.24) is 0 Å². The molecule has 4 rings (SSSR count). The third kappa shape index (κ3) is 1.58. The summed E-state index contributed by atoms with van der Waals surface area (Å²) in [6.07, 6.45) is 14.0. The molecular formula is C19H28O. The fourth-order valence-corrected chi connectivity index (χ4v) is 6.42. The molecule has 3 saturated carbocycles. The van der Waals surface area contributed by atoms with Gasteiger partial charge in [-0.25, -0.2) is 0 Å². The van der Waals surface area contributed by atoms with Crippen molar-refractivity contribution in [2.75, 3.05) is 0 Å². The Bertz CT molecular complexity index is 476. The van der Waals surface area contributed by atoms with Crippen LogP contribution in [0, 0.1) is 28.6 Å². The molecule has 3 unspecified atom stereocenters. The van der Waals surface area contributed by atoms with Crippen molar-refractivity contribution in [1.29, 1.82) is 0 Å². The minimum absolute atomic E-state index is 0.362. The highest BCUT2D eigenvalue weighted by Crippen LogP contribution is 2.63. The summed E-state index contributed by atoms with van der Waals surface area (Å²) in [4.78, 5) is 12.8. The van der Waals surface area contributed by atoms with Crippen molar-refractivity contribution in [2.45, 2.75) is 71.6 Å². The molecule has 110 valence electrons. The fourth-order valence-electron chi connectivity index (χ4n) is 6.42. The Hall–Kier alpha value is -0.590. The Morgan fingerprint density at radius 3 is 2.70 bits per heavy atom.